The molecule has 0 bridgehead atoms. The Labute approximate surface area is 122 Å². The lowest BCUT2D eigenvalue weighted by atomic mass is 10.2. The Hall–Kier alpha value is -1.94. The fraction of sp³-hybridized carbons (Fsp3) is 0.267. The van der Waals surface area contributed by atoms with Crippen LogP contribution in [0.1, 0.15) is 30.0 Å². The Morgan fingerprint density at radius 3 is 2.50 bits per heavy atom. The third kappa shape index (κ3) is 4.03. The molecule has 0 aliphatic carbocycles. The van der Waals surface area contributed by atoms with Gasteiger partial charge in [-0.1, -0.05) is 0 Å². The number of ether oxygens (including phenoxy) is 1. The number of carbonyl (C=O) groups excluding carboxylic acids is 1. The van der Waals surface area contributed by atoms with Gasteiger partial charge in [0.05, 0.1) is 18.2 Å². The van der Waals surface area contributed by atoms with Crippen LogP contribution in [0.2, 0.25) is 5.22 Å². The van der Waals surface area contributed by atoms with Gasteiger partial charge < -0.3 is 14.5 Å². The van der Waals surface area contributed by atoms with Crippen molar-refractivity contribution in [1.82, 2.24) is 0 Å². The van der Waals surface area contributed by atoms with Crippen LogP contribution in [-0.2, 0) is 11.3 Å². The third-order valence-corrected chi connectivity index (χ3v) is 2.76. The van der Waals surface area contributed by atoms with Crippen molar-refractivity contribution in [1.29, 1.82) is 0 Å². The number of hydrogen-bond acceptors (Lipinski definition) is 4. The van der Waals surface area contributed by atoms with E-state index in [0.717, 1.165) is 11.4 Å². The van der Waals surface area contributed by atoms with E-state index >= 15 is 0 Å². The molecule has 0 atom stereocenters. The van der Waals surface area contributed by atoms with Gasteiger partial charge in [-0.15, -0.1) is 0 Å². The quantitative estimate of drug-likeness (QED) is 0.843. The van der Waals surface area contributed by atoms with Gasteiger partial charge >= 0.3 is 5.97 Å². The summed E-state index contributed by atoms with van der Waals surface area (Å²) in [7, 11) is 0. The number of benzene rings is 1. The van der Waals surface area contributed by atoms with Gasteiger partial charge in [0.15, 0.2) is 5.22 Å². The van der Waals surface area contributed by atoms with E-state index in [1.54, 1.807) is 18.2 Å². The summed E-state index contributed by atoms with van der Waals surface area (Å²) >= 11 is 5.69. The Kier molecular flexibility index (Phi) is 4.69. The van der Waals surface area contributed by atoms with Crippen LogP contribution in [0.15, 0.2) is 40.8 Å². The first-order chi connectivity index (χ1) is 9.54. The molecular formula is C15H16ClNO3. The second-order valence-electron chi connectivity index (χ2n) is 4.59. The molecule has 0 spiro atoms. The lowest BCUT2D eigenvalue weighted by molar-refractivity contribution is 0.0378. The Bertz CT molecular complexity index is 575. The molecule has 0 fully saturated rings. The summed E-state index contributed by atoms with van der Waals surface area (Å²) in [5.74, 6) is 0.433. The van der Waals surface area contributed by atoms with E-state index < -0.39 is 0 Å². The molecule has 0 radical (unpaired) electrons. The highest BCUT2D eigenvalue weighted by molar-refractivity contribution is 6.28. The van der Waals surface area contributed by atoms with Crippen LogP contribution in [0.3, 0.4) is 0 Å². The predicted molar refractivity (Wildman–Crippen MR) is 78.0 cm³/mol. The fourth-order valence-corrected chi connectivity index (χ4v) is 1.80. The number of rotatable bonds is 5. The van der Waals surface area contributed by atoms with E-state index in [-0.39, 0.29) is 12.1 Å². The fourth-order valence-electron chi connectivity index (χ4n) is 1.64. The SMILES string of the molecule is CC(C)OC(=O)c1ccc(NCc2ccc(Cl)o2)cc1. The molecule has 1 N–H and O–H groups in total. The minimum atomic E-state index is -0.315. The average molecular weight is 294 g/mol. The number of furan rings is 1. The Balaban J connectivity index is 1.93. The summed E-state index contributed by atoms with van der Waals surface area (Å²) < 4.78 is 10.4. The third-order valence-electron chi connectivity index (χ3n) is 2.56. The molecule has 1 heterocycles. The van der Waals surface area contributed by atoms with Crippen molar-refractivity contribution in [3.05, 3.63) is 52.9 Å². The van der Waals surface area contributed by atoms with Gasteiger partial charge in [0.1, 0.15) is 5.76 Å². The van der Waals surface area contributed by atoms with Gasteiger partial charge in [0.25, 0.3) is 0 Å². The maximum atomic E-state index is 11.7. The monoisotopic (exact) mass is 293 g/mol. The van der Waals surface area contributed by atoms with Gasteiger partial charge in [-0.2, -0.15) is 0 Å². The van der Waals surface area contributed by atoms with Gasteiger partial charge in [-0.3, -0.25) is 0 Å². The van der Waals surface area contributed by atoms with Crippen LogP contribution < -0.4 is 5.32 Å². The molecule has 20 heavy (non-hydrogen) atoms. The van der Waals surface area contributed by atoms with Crippen molar-refractivity contribution in [3.63, 3.8) is 0 Å². The lowest BCUT2D eigenvalue weighted by Gasteiger charge is -2.09. The number of anilines is 1. The van der Waals surface area contributed by atoms with E-state index in [1.807, 2.05) is 32.0 Å². The van der Waals surface area contributed by atoms with Crippen molar-refractivity contribution in [3.8, 4) is 0 Å². The minimum Gasteiger partial charge on any atom is -0.459 e. The number of hydrogen-bond donors (Lipinski definition) is 1. The molecule has 1 aromatic heterocycles. The molecule has 0 aliphatic rings. The molecule has 0 saturated carbocycles. The highest BCUT2D eigenvalue weighted by atomic mass is 35.5. The maximum absolute atomic E-state index is 11.7. The van der Waals surface area contributed by atoms with E-state index in [9.17, 15) is 4.79 Å². The molecule has 0 saturated heterocycles. The normalized spacial score (nSPS) is 10.6. The van der Waals surface area contributed by atoms with Gasteiger partial charge in [-0.25, -0.2) is 4.79 Å². The van der Waals surface area contributed by atoms with Crippen LogP contribution in [0, 0.1) is 0 Å². The molecule has 2 rings (SSSR count). The van der Waals surface area contributed by atoms with E-state index in [0.29, 0.717) is 17.3 Å². The average Bonchev–Trinajstić information content (AvgIpc) is 2.82. The standard InChI is InChI=1S/C15H16ClNO3/c1-10(2)19-15(18)11-3-5-12(6-4-11)17-9-13-7-8-14(16)20-13/h3-8,10,17H,9H2,1-2H3. The molecule has 0 amide bonds. The topological polar surface area (TPSA) is 51.5 Å². The maximum Gasteiger partial charge on any atom is 0.338 e. The van der Waals surface area contributed by atoms with E-state index in [2.05, 4.69) is 5.32 Å². The van der Waals surface area contributed by atoms with Crippen LogP contribution in [0.4, 0.5) is 5.69 Å². The second kappa shape index (κ2) is 6.48. The Morgan fingerprint density at radius 1 is 1.25 bits per heavy atom. The largest absolute Gasteiger partial charge is 0.459 e. The summed E-state index contributed by atoms with van der Waals surface area (Å²) in [4.78, 5) is 11.7. The zero-order valence-electron chi connectivity index (χ0n) is 11.4. The summed E-state index contributed by atoms with van der Waals surface area (Å²) in [6, 6.07) is 10.6. The number of carbonyl (C=O) groups is 1. The van der Waals surface area contributed by atoms with Crippen molar-refractivity contribution >= 4 is 23.3 Å². The molecular weight excluding hydrogens is 278 g/mol. The molecule has 4 nitrogen and oxygen atoms in total. The first-order valence-corrected chi connectivity index (χ1v) is 6.71. The minimum absolute atomic E-state index is 0.121. The van der Waals surface area contributed by atoms with Crippen molar-refractivity contribution in [2.24, 2.45) is 0 Å². The zero-order chi connectivity index (χ0) is 14.5. The molecule has 5 heteroatoms. The molecule has 2 aromatic rings. The van der Waals surface area contributed by atoms with Crippen molar-refractivity contribution in [2.45, 2.75) is 26.5 Å². The highest BCUT2D eigenvalue weighted by Gasteiger charge is 2.08. The molecule has 106 valence electrons. The molecule has 0 unspecified atom stereocenters. The molecule has 1 aromatic carbocycles. The van der Waals surface area contributed by atoms with E-state index in [1.165, 1.54) is 0 Å². The van der Waals surface area contributed by atoms with Crippen molar-refractivity contribution < 1.29 is 13.9 Å². The predicted octanol–water partition coefficient (Wildman–Crippen LogP) is 4.11. The summed E-state index contributed by atoms with van der Waals surface area (Å²) in [5.41, 5.74) is 1.42. The molecule has 0 aliphatic heterocycles. The summed E-state index contributed by atoms with van der Waals surface area (Å²) in [6.45, 7) is 4.17. The number of halogens is 1. The van der Waals surface area contributed by atoms with Crippen LogP contribution in [0.25, 0.3) is 0 Å². The number of nitrogens with one attached hydrogen (secondary N) is 1. The van der Waals surface area contributed by atoms with Crippen LogP contribution >= 0.6 is 11.6 Å². The van der Waals surface area contributed by atoms with Crippen molar-refractivity contribution in [2.75, 3.05) is 5.32 Å². The first-order valence-electron chi connectivity index (χ1n) is 6.34. The van der Waals surface area contributed by atoms with Crippen LogP contribution in [-0.4, -0.2) is 12.1 Å². The smallest absolute Gasteiger partial charge is 0.338 e. The lowest BCUT2D eigenvalue weighted by Crippen LogP contribution is -2.11. The summed E-state index contributed by atoms with van der Waals surface area (Å²) in [6.07, 6.45) is -0.121. The summed E-state index contributed by atoms with van der Waals surface area (Å²) in [5, 5.41) is 3.55. The van der Waals surface area contributed by atoms with E-state index in [4.69, 9.17) is 20.8 Å². The van der Waals surface area contributed by atoms with Crippen LogP contribution in [0.5, 0.6) is 0 Å². The zero-order valence-corrected chi connectivity index (χ0v) is 12.1. The first kappa shape index (κ1) is 14.5. The van der Waals surface area contributed by atoms with Gasteiger partial charge in [0, 0.05) is 5.69 Å². The van der Waals surface area contributed by atoms with Gasteiger partial charge in [0.2, 0.25) is 0 Å². The highest BCUT2D eigenvalue weighted by Crippen LogP contribution is 2.16. The van der Waals surface area contributed by atoms with Gasteiger partial charge in [-0.05, 0) is 61.8 Å². The Morgan fingerprint density at radius 2 is 1.95 bits per heavy atom. The number of esters is 1. The second-order valence-corrected chi connectivity index (χ2v) is 4.96.